The van der Waals surface area contributed by atoms with Crippen LogP contribution in [0.15, 0.2) is 0 Å². The first-order valence-corrected chi connectivity index (χ1v) is 16.5. The minimum absolute atomic E-state index is 0.0360. The summed E-state index contributed by atoms with van der Waals surface area (Å²) in [6, 6.07) is 0. The molecule has 0 spiro atoms. The monoisotopic (exact) mass is 628 g/mol. The molecular weight excluding hydrogens is 580 g/mol. The number of alkyl carbamates (subject to hydrolysis) is 2. The van der Waals surface area contributed by atoms with Crippen LogP contribution in [-0.2, 0) is 33.3 Å². The lowest BCUT2D eigenvalue weighted by Crippen LogP contribution is -2.33. The van der Waals surface area contributed by atoms with Crippen molar-refractivity contribution in [2.45, 2.75) is 65.2 Å². The van der Waals surface area contributed by atoms with Crippen LogP contribution < -0.4 is 10.6 Å². The van der Waals surface area contributed by atoms with Crippen LogP contribution in [0.1, 0.15) is 65.2 Å². The van der Waals surface area contributed by atoms with Gasteiger partial charge in [0, 0.05) is 38.8 Å². The predicted octanol–water partition coefficient (Wildman–Crippen LogP) is 3.69. The molecule has 0 saturated heterocycles. The molecule has 2 amide bonds. The maximum atomic E-state index is 12.2. The third-order valence-corrected chi connectivity index (χ3v) is 9.35. The average molecular weight is 629 g/mol. The van der Waals surface area contributed by atoms with E-state index in [0.29, 0.717) is 48.7 Å². The third-order valence-electron chi connectivity index (χ3n) is 9.35. The van der Waals surface area contributed by atoms with Crippen molar-refractivity contribution in [1.82, 2.24) is 10.6 Å². The van der Waals surface area contributed by atoms with E-state index >= 15 is 0 Å². The van der Waals surface area contributed by atoms with Gasteiger partial charge in [-0.05, 0) is 61.2 Å². The number of nitrogens with one attached hydrogen (secondary N) is 2. The normalized spacial score (nSPS) is 27.2. The molecule has 2 saturated carbocycles. The Morgan fingerprint density at radius 3 is 1.29 bits per heavy atom. The second kappa shape index (κ2) is 17.9. The fraction of sp³-hybridized carbons (Fsp3) is 0.765. The first kappa shape index (κ1) is 34.4. The first-order valence-electron chi connectivity index (χ1n) is 16.5. The fourth-order valence-corrected chi connectivity index (χ4v) is 6.44. The number of carbonyl (C=O) groups is 4. The number of hydrogen-bond donors (Lipinski definition) is 2. The molecule has 2 fully saturated rings. The largest absolute Gasteiger partial charge is 0.463 e. The molecule has 248 valence electrons. The van der Waals surface area contributed by atoms with E-state index in [2.05, 4.69) is 34.3 Å². The topological polar surface area (TPSA) is 138 Å². The smallest absolute Gasteiger partial charge is 0.407 e. The van der Waals surface area contributed by atoms with Crippen LogP contribution in [0, 0.1) is 71.0 Å². The molecule has 0 aromatic heterocycles. The number of esters is 2. The van der Waals surface area contributed by atoms with Gasteiger partial charge >= 0.3 is 24.1 Å². The van der Waals surface area contributed by atoms with Crippen LogP contribution in [0.2, 0.25) is 0 Å². The molecule has 0 aromatic rings. The Hall–Kier alpha value is -3.44. The molecule has 4 rings (SSSR count). The molecule has 0 heterocycles. The SMILES string of the molecule is CC(CNC(=O)OC[C@@H]1[C@@H]2CCC#CCC[C@@H]21)C(=O)OCCOCCOC(=O)C(C)CNC(=O)OC[C@@H]1[C@@H]2CCC#CCC[C@@H]21. The van der Waals surface area contributed by atoms with E-state index < -0.39 is 36.0 Å². The Morgan fingerprint density at radius 2 is 0.933 bits per heavy atom. The minimum atomic E-state index is -0.541. The highest BCUT2D eigenvalue weighted by Gasteiger charge is 2.50. The van der Waals surface area contributed by atoms with Crippen molar-refractivity contribution in [2.75, 3.05) is 52.7 Å². The van der Waals surface area contributed by atoms with Gasteiger partial charge in [0.1, 0.15) is 13.2 Å². The summed E-state index contributed by atoms with van der Waals surface area (Å²) in [4.78, 5) is 48.5. The van der Waals surface area contributed by atoms with Gasteiger partial charge in [-0.25, -0.2) is 9.59 Å². The van der Waals surface area contributed by atoms with Gasteiger partial charge in [-0.1, -0.05) is 13.8 Å². The van der Waals surface area contributed by atoms with Crippen molar-refractivity contribution >= 4 is 24.1 Å². The van der Waals surface area contributed by atoms with Gasteiger partial charge in [0.2, 0.25) is 0 Å². The van der Waals surface area contributed by atoms with Gasteiger partial charge in [-0.2, -0.15) is 0 Å². The van der Waals surface area contributed by atoms with E-state index in [-0.39, 0.29) is 39.5 Å². The molecule has 0 aromatic carbocycles. The number of ether oxygens (including phenoxy) is 5. The van der Waals surface area contributed by atoms with E-state index in [4.69, 9.17) is 23.7 Å². The van der Waals surface area contributed by atoms with Crippen LogP contribution in [0.5, 0.6) is 0 Å². The van der Waals surface area contributed by atoms with Crippen molar-refractivity contribution in [3.05, 3.63) is 0 Å². The van der Waals surface area contributed by atoms with Gasteiger partial charge in [0.15, 0.2) is 0 Å². The highest BCUT2D eigenvalue weighted by atomic mass is 16.6. The van der Waals surface area contributed by atoms with Gasteiger partial charge in [-0.15, -0.1) is 23.7 Å². The summed E-state index contributed by atoms with van der Waals surface area (Å²) in [6.45, 7) is 4.70. The zero-order valence-corrected chi connectivity index (χ0v) is 26.6. The maximum Gasteiger partial charge on any atom is 0.407 e. The first-order chi connectivity index (χ1) is 21.8. The molecule has 2 unspecified atom stereocenters. The third kappa shape index (κ3) is 11.5. The Balaban J connectivity index is 0.937. The quantitative estimate of drug-likeness (QED) is 0.113. The molecule has 11 nitrogen and oxygen atoms in total. The molecule has 0 radical (unpaired) electrons. The summed E-state index contributed by atoms with van der Waals surface area (Å²) >= 11 is 0. The number of amides is 2. The van der Waals surface area contributed by atoms with E-state index in [1.165, 1.54) is 0 Å². The van der Waals surface area contributed by atoms with Crippen molar-refractivity contribution in [3.8, 4) is 23.7 Å². The molecule has 45 heavy (non-hydrogen) atoms. The molecule has 0 aliphatic heterocycles. The summed E-state index contributed by atoms with van der Waals surface area (Å²) in [7, 11) is 0. The standard InChI is InChI=1S/C34H48N2O9/c1-23(19-35-33(39)44-21-29-25-11-7-3-4-8-12-26(25)29)31(37)42-17-15-41-16-18-43-32(38)24(2)20-36-34(40)45-22-30-27-13-9-5-6-10-14-28(27)30/h23-30H,7-22H2,1-2H3,(H,35,39)(H,36,40)/t23?,24?,25-,26+,27-,28+,29-,30-. The van der Waals surface area contributed by atoms with Crippen LogP contribution in [0.25, 0.3) is 0 Å². The van der Waals surface area contributed by atoms with Crippen molar-refractivity contribution in [3.63, 3.8) is 0 Å². The number of fused-ring (bicyclic) bond motifs is 2. The summed E-state index contributed by atoms with van der Waals surface area (Å²) in [5.74, 6) is 13.9. The molecule has 4 aliphatic rings. The van der Waals surface area contributed by atoms with E-state index in [1.54, 1.807) is 13.8 Å². The number of carbonyl (C=O) groups excluding carboxylic acids is 4. The van der Waals surface area contributed by atoms with Crippen LogP contribution in [-0.4, -0.2) is 76.9 Å². The maximum absolute atomic E-state index is 12.2. The summed E-state index contributed by atoms with van der Waals surface area (Å²) in [5.41, 5.74) is 0. The highest BCUT2D eigenvalue weighted by molar-refractivity contribution is 5.74. The van der Waals surface area contributed by atoms with E-state index in [9.17, 15) is 19.2 Å². The van der Waals surface area contributed by atoms with E-state index in [0.717, 1.165) is 51.4 Å². The zero-order valence-electron chi connectivity index (χ0n) is 26.6. The second-order valence-electron chi connectivity index (χ2n) is 12.6. The van der Waals surface area contributed by atoms with Gasteiger partial charge in [0.05, 0.1) is 38.3 Å². The molecule has 11 heteroatoms. The Morgan fingerprint density at radius 1 is 0.578 bits per heavy atom. The summed E-state index contributed by atoms with van der Waals surface area (Å²) < 4.78 is 26.5. The van der Waals surface area contributed by atoms with Gasteiger partial charge < -0.3 is 34.3 Å². The van der Waals surface area contributed by atoms with Gasteiger partial charge in [-0.3, -0.25) is 9.59 Å². The summed E-state index contributed by atoms with van der Waals surface area (Å²) in [5, 5.41) is 5.26. The Labute approximate surface area is 266 Å². The Bertz CT molecular complexity index is 1030. The minimum Gasteiger partial charge on any atom is -0.463 e. The van der Waals surface area contributed by atoms with Crippen molar-refractivity contribution in [1.29, 1.82) is 0 Å². The fourth-order valence-electron chi connectivity index (χ4n) is 6.44. The number of rotatable bonds is 16. The van der Waals surface area contributed by atoms with Crippen LogP contribution >= 0.6 is 0 Å². The molecular formula is C34H48N2O9. The summed E-state index contributed by atoms with van der Waals surface area (Å²) in [6.07, 6.45) is 6.88. The zero-order chi connectivity index (χ0) is 32.0. The van der Waals surface area contributed by atoms with Crippen LogP contribution in [0.3, 0.4) is 0 Å². The molecule has 8 atom stereocenters. The lowest BCUT2D eigenvalue weighted by atomic mass is 10.1. The Kier molecular flexibility index (Phi) is 13.7. The lowest BCUT2D eigenvalue weighted by molar-refractivity contribution is -0.150. The number of hydrogen-bond acceptors (Lipinski definition) is 9. The molecule has 0 bridgehead atoms. The van der Waals surface area contributed by atoms with Crippen LogP contribution in [0.4, 0.5) is 9.59 Å². The van der Waals surface area contributed by atoms with Crippen molar-refractivity contribution < 1.29 is 42.9 Å². The lowest BCUT2D eigenvalue weighted by Gasteiger charge is -2.14. The molecule has 4 aliphatic carbocycles. The van der Waals surface area contributed by atoms with E-state index in [1.807, 2.05) is 0 Å². The van der Waals surface area contributed by atoms with Gasteiger partial charge in [0.25, 0.3) is 0 Å². The predicted molar refractivity (Wildman–Crippen MR) is 163 cm³/mol. The average Bonchev–Trinajstić information content (AvgIpc) is 3.87. The second-order valence-corrected chi connectivity index (χ2v) is 12.6. The van der Waals surface area contributed by atoms with Crippen molar-refractivity contribution in [2.24, 2.45) is 47.3 Å². The highest BCUT2D eigenvalue weighted by Crippen LogP contribution is 2.53. The molecule has 2 N–H and O–H groups in total.